The van der Waals surface area contributed by atoms with Crippen molar-refractivity contribution in [2.45, 2.75) is 39.3 Å². The van der Waals surface area contributed by atoms with Gasteiger partial charge < -0.3 is 9.88 Å². The van der Waals surface area contributed by atoms with Crippen molar-refractivity contribution in [1.29, 1.82) is 0 Å². The fourth-order valence-electron chi connectivity index (χ4n) is 2.21. The molecular formula is C12H17BrN2O. The molecule has 0 bridgehead atoms. The van der Waals surface area contributed by atoms with Crippen molar-refractivity contribution in [3.05, 3.63) is 22.4 Å². The van der Waals surface area contributed by atoms with Crippen LogP contribution in [0.3, 0.4) is 0 Å². The summed E-state index contributed by atoms with van der Waals surface area (Å²) in [5.41, 5.74) is 0.744. The van der Waals surface area contributed by atoms with Crippen molar-refractivity contribution in [3.63, 3.8) is 0 Å². The Labute approximate surface area is 104 Å². The van der Waals surface area contributed by atoms with Crippen LogP contribution in [0.1, 0.15) is 37.2 Å². The van der Waals surface area contributed by atoms with E-state index in [0.29, 0.717) is 6.04 Å². The minimum Gasteiger partial charge on any atom is -0.348 e. The molecule has 3 nitrogen and oxygen atoms in total. The number of nitrogens with zero attached hydrogens (tertiary/aromatic N) is 1. The molecule has 1 aromatic heterocycles. The Morgan fingerprint density at radius 2 is 2.31 bits per heavy atom. The van der Waals surface area contributed by atoms with Crippen LogP contribution in [-0.2, 0) is 6.54 Å². The normalized spacial score (nSPS) is 23.9. The Morgan fingerprint density at radius 3 is 2.88 bits per heavy atom. The molecule has 0 atom stereocenters. The van der Waals surface area contributed by atoms with Crippen LogP contribution < -0.4 is 5.32 Å². The van der Waals surface area contributed by atoms with Gasteiger partial charge in [-0.2, -0.15) is 0 Å². The Bertz CT molecular complexity index is 394. The molecule has 1 aliphatic rings. The molecule has 1 aromatic rings. The molecule has 0 unspecified atom stereocenters. The fraction of sp³-hybridized carbons (Fsp3) is 0.583. The average Bonchev–Trinajstić information content (AvgIpc) is 2.57. The van der Waals surface area contributed by atoms with Crippen LogP contribution in [-0.4, -0.2) is 16.5 Å². The number of aryl methyl sites for hydroxylation is 1. The third-order valence-corrected chi connectivity index (χ3v) is 3.58. The van der Waals surface area contributed by atoms with E-state index in [1.54, 1.807) is 0 Å². The Balaban J connectivity index is 2.02. The van der Waals surface area contributed by atoms with Gasteiger partial charge in [-0.05, 0) is 47.7 Å². The number of rotatable bonds is 3. The summed E-state index contributed by atoms with van der Waals surface area (Å²) in [4.78, 5) is 12.0. The highest BCUT2D eigenvalue weighted by molar-refractivity contribution is 9.10. The van der Waals surface area contributed by atoms with Crippen molar-refractivity contribution < 1.29 is 4.79 Å². The van der Waals surface area contributed by atoms with Crippen LogP contribution >= 0.6 is 15.9 Å². The molecule has 0 aromatic carbocycles. The van der Waals surface area contributed by atoms with Gasteiger partial charge in [-0.3, -0.25) is 4.79 Å². The molecule has 88 valence electrons. The maximum absolute atomic E-state index is 12.0. The number of hydrogen-bond donors (Lipinski definition) is 1. The number of halogens is 1. The summed E-state index contributed by atoms with van der Waals surface area (Å²) in [5.74, 6) is 0.805. The molecule has 4 heteroatoms. The smallest absolute Gasteiger partial charge is 0.268 e. The molecule has 16 heavy (non-hydrogen) atoms. The molecule has 0 radical (unpaired) electrons. The van der Waals surface area contributed by atoms with Crippen molar-refractivity contribution in [1.82, 2.24) is 9.88 Å². The highest BCUT2D eigenvalue weighted by Gasteiger charge is 2.27. The van der Waals surface area contributed by atoms with E-state index in [1.807, 2.05) is 23.8 Å². The summed E-state index contributed by atoms with van der Waals surface area (Å²) in [6, 6.07) is 2.25. The first kappa shape index (κ1) is 11.7. The van der Waals surface area contributed by atoms with Crippen molar-refractivity contribution in [2.24, 2.45) is 5.92 Å². The first-order chi connectivity index (χ1) is 7.60. The lowest BCUT2D eigenvalue weighted by Gasteiger charge is -2.33. The molecule has 1 fully saturated rings. The molecule has 0 spiro atoms. The zero-order valence-corrected chi connectivity index (χ0v) is 11.3. The van der Waals surface area contributed by atoms with Crippen LogP contribution in [0, 0.1) is 5.92 Å². The maximum Gasteiger partial charge on any atom is 0.268 e. The van der Waals surface area contributed by atoms with Crippen LogP contribution in [0.5, 0.6) is 0 Å². The van der Waals surface area contributed by atoms with E-state index in [1.165, 1.54) is 0 Å². The highest BCUT2D eigenvalue weighted by Crippen LogP contribution is 2.26. The topological polar surface area (TPSA) is 34.0 Å². The lowest BCUT2D eigenvalue weighted by Crippen LogP contribution is -2.43. The van der Waals surface area contributed by atoms with Gasteiger partial charge in [0.05, 0.1) is 0 Å². The summed E-state index contributed by atoms with van der Waals surface area (Å²) >= 11 is 3.40. The van der Waals surface area contributed by atoms with Gasteiger partial charge in [0.25, 0.3) is 5.91 Å². The second-order valence-electron chi connectivity index (χ2n) is 4.58. The minimum atomic E-state index is 0.0458. The number of hydrogen-bond acceptors (Lipinski definition) is 1. The molecule has 1 saturated carbocycles. The Kier molecular flexibility index (Phi) is 3.38. The van der Waals surface area contributed by atoms with Crippen LogP contribution in [0.25, 0.3) is 0 Å². The molecule has 2 rings (SSSR count). The van der Waals surface area contributed by atoms with E-state index in [-0.39, 0.29) is 5.91 Å². The van der Waals surface area contributed by atoms with Gasteiger partial charge in [-0.25, -0.2) is 0 Å². The second kappa shape index (κ2) is 4.62. The summed E-state index contributed by atoms with van der Waals surface area (Å²) in [6.45, 7) is 5.07. The predicted octanol–water partition coefficient (Wildman–Crippen LogP) is 2.80. The number of aromatic nitrogens is 1. The maximum atomic E-state index is 12.0. The van der Waals surface area contributed by atoms with Crippen LogP contribution in [0.4, 0.5) is 0 Å². The van der Waals surface area contributed by atoms with Gasteiger partial charge in [-0.1, -0.05) is 6.92 Å². The lowest BCUT2D eigenvalue weighted by atomic mass is 9.82. The summed E-state index contributed by atoms with van der Waals surface area (Å²) in [5, 5.41) is 3.07. The van der Waals surface area contributed by atoms with Gasteiger partial charge in [0.15, 0.2) is 0 Å². The van der Waals surface area contributed by atoms with E-state index in [4.69, 9.17) is 0 Å². The molecule has 1 aliphatic carbocycles. The summed E-state index contributed by atoms with van der Waals surface area (Å²) < 4.78 is 2.92. The van der Waals surface area contributed by atoms with E-state index in [0.717, 1.165) is 35.5 Å². The monoisotopic (exact) mass is 284 g/mol. The highest BCUT2D eigenvalue weighted by atomic mass is 79.9. The third kappa shape index (κ3) is 2.32. The summed E-state index contributed by atoms with van der Waals surface area (Å²) in [7, 11) is 0. The fourth-order valence-corrected chi connectivity index (χ4v) is 2.67. The summed E-state index contributed by atoms with van der Waals surface area (Å²) in [6.07, 6.45) is 4.16. The standard InChI is InChI=1S/C12H17BrN2O/c1-3-15-7-9(13)6-11(15)12(16)14-10-4-8(2)5-10/h6-8,10H,3-5H2,1-2H3,(H,14,16). The predicted molar refractivity (Wildman–Crippen MR) is 67.5 cm³/mol. The number of amides is 1. The Morgan fingerprint density at radius 1 is 1.62 bits per heavy atom. The van der Waals surface area contributed by atoms with E-state index < -0.39 is 0 Å². The van der Waals surface area contributed by atoms with Gasteiger partial charge >= 0.3 is 0 Å². The van der Waals surface area contributed by atoms with Gasteiger partial charge in [-0.15, -0.1) is 0 Å². The number of carbonyl (C=O) groups is 1. The Hall–Kier alpha value is -0.770. The molecule has 0 saturated heterocycles. The number of nitrogens with one attached hydrogen (secondary N) is 1. The quantitative estimate of drug-likeness (QED) is 0.910. The van der Waals surface area contributed by atoms with Crippen molar-refractivity contribution in [2.75, 3.05) is 0 Å². The molecule has 0 aliphatic heterocycles. The zero-order chi connectivity index (χ0) is 11.7. The molecule has 1 heterocycles. The molecule has 1 N–H and O–H groups in total. The molecular weight excluding hydrogens is 268 g/mol. The van der Waals surface area contributed by atoms with E-state index >= 15 is 0 Å². The van der Waals surface area contributed by atoms with Crippen molar-refractivity contribution >= 4 is 21.8 Å². The third-order valence-electron chi connectivity index (χ3n) is 3.15. The van der Waals surface area contributed by atoms with Gasteiger partial charge in [0, 0.05) is 23.3 Å². The van der Waals surface area contributed by atoms with Gasteiger partial charge in [0.1, 0.15) is 5.69 Å². The zero-order valence-electron chi connectivity index (χ0n) is 9.66. The van der Waals surface area contributed by atoms with Crippen LogP contribution in [0.15, 0.2) is 16.7 Å². The van der Waals surface area contributed by atoms with E-state index in [2.05, 4.69) is 28.2 Å². The largest absolute Gasteiger partial charge is 0.348 e. The van der Waals surface area contributed by atoms with E-state index in [9.17, 15) is 4.79 Å². The number of carbonyl (C=O) groups excluding carboxylic acids is 1. The minimum absolute atomic E-state index is 0.0458. The molecule has 1 amide bonds. The van der Waals surface area contributed by atoms with Crippen molar-refractivity contribution in [3.8, 4) is 0 Å². The first-order valence-electron chi connectivity index (χ1n) is 5.76. The second-order valence-corrected chi connectivity index (χ2v) is 5.49. The lowest BCUT2D eigenvalue weighted by molar-refractivity contribution is 0.0886. The first-order valence-corrected chi connectivity index (χ1v) is 6.56. The SMILES string of the molecule is CCn1cc(Br)cc1C(=O)NC1CC(C)C1. The van der Waals surface area contributed by atoms with Crippen LogP contribution in [0.2, 0.25) is 0 Å². The average molecular weight is 285 g/mol. The van der Waals surface area contributed by atoms with Gasteiger partial charge in [0.2, 0.25) is 0 Å².